The SMILES string of the molecule is O=C(CCCSc1ccc(F)cc1)Nc1nnc(-c2ccc(F)cc2F)o1. The Hall–Kier alpha value is -2.81. The van der Waals surface area contributed by atoms with Crippen molar-refractivity contribution in [2.75, 3.05) is 11.1 Å². The summed E-state index contributed by atoms with van der Waals surface area (Å²) in [4.78, 5) is 12.8. The van der Waals surface area contributed by atoms with Crippen LogP contribution in [0.5, 0.6) is 0 Å². The van der Waals surface area contributed by atoms with Crippen molar-refractivity contribution in [3.8, 4) is 11.5 Å². The second-order valence-electron chi connectivity index (χ2n) is 5.49. The zero-order valence-electron chi connectivity index (χ0n) is 13.9. The molecular formula is C18H14F3N3O2S. The van der Waals surface area contributed by atoms with E-state index in [-0.39, 0.29) is 35.6 Å². The lowest BCUT2D eigenvalue weighted by molar-refractivity contribution is -0.116. The van der Waals surface area contributed by atoms with Crippen molar-refractivity contribution in [1.29, 1.82) is 0 Å². The number of rotatable bonds is 7. The minimum atomic E-state index is -0.839. The highest BCUT2D eigenvalue weighted by Gasteiger charge is 2.15. The van der Waals surface area contributed by atoms with Crippen LogP contribution in [0.25, 0.3) is 11.5 Å². The van der Waals surface area contributed by atoms with E-state index in [1.165, 1.54) is 30.0 Å². The zero-order chi connectivity index (χ0) is 19.2. The van der Waals surface area contributed by atoms with E-state index < -0.39 is 11.6 Å². The first-order valence-corrected chi connectivity index (χ1v) is 8.97. The van der Waals surface area contributed by atoms with Crippen LogP contribution < -0.4 is 5.32 Å². The molecule has 0 bridgehead atoms. The van der Waals surface area contributed by atoms with Crippen molar-refractivity contribution in [3.63, 3.8) is 0 Å². The van der Waals surface area contributed by atoms with E-state index in [9.17, 15) is 18.0 Å². The minimum Gasteiger partial charge on any atom is -0.403 e. The molecule has 9 heteroatoms. The Bertz CT molecular complexity index is 932. The first-order valence-electron chi connectivity index (χ1n) is 7.98. The van der Waals surface area contributed by atoms with Gasteiger partial charge in [-0.25, -0.2) is 13.2 Å². The van der Waals surface area contributed by atoms with Gasteiger partial charge < -0.3 is 4.42 Å². The lowest BCUT2D eigenvalue weighted by Gasteiger charge is -2.02. The summed E-state index contributed by atoms with van der Waals surface area (Å²) in [5, 5.41) is 9.71. The fourth-order valence-corrected chi connectivity index (χ4v) is 3.03. The average molecular weight is 393 g/mol. The van der Waals surface area contributed by atoms with Crippen LogP contribution in [0.4, 0.5) is 19.2 Å². The molecule has 0 fully saturated rings. The van der Waals surface area contributed by atoms with Gasteiger partial charge in [-0.3, -0.25) is 10.1 Å². The third-order valence-electron chi connectivity index (χ3n) is 3.46. The highest BCUT2D eigenvalue weighted by atomic mass is 32.2. The second-order valence-corrected chi connectivity index (χ2v) is 6.66. The van der Waals surface area contributed by atoms with Gasteiger partial charge in [0.05, 0.1) is 5.56 Å². The van der Waals surface area contributed by atoms with Gasteiger partial charge >= 0.3 is 6.01 Å². The van der Waals surface area contributed by atoms with E-state index in [0.29, 0.717) is 18.2 Å². The number of amides is 1. The maximum atomic E-state index is 13.7. The Morgan fingerprint density at radius 1 is 1.04 bits per heavy atom. The number of halogens is 3. The van der Waals surface area contributed by atoms with Crippen LogP contribution in [-0.4, -0.2) is 21.9 Å². The van der Waals surface area contributed by atoms with E-state index in [1.54, 1.807) is 12.1 Å². The van der Waals surface area contributed by atoms with Crippen LogP contribution in [0.3, 0.4) is 0 Å². The number of anilines is 1. The molecule has 0 unspecified atom stereocenters. The van der Waals surface area contributed by atoms with Gasteiger partial charge in [0, 0.05) is 17.4 Å². The number of aromatic nitrogens is 2. The first kappa shape index (κ1) is 19.0. The normalized spacial score (nSPS) is 10.8. The fraction of sp³-hybridized carbons (Fsp3) is 0.167. The van der Waals surface area contributed by atoms with Crippen LogP contribution in [0.2, 0.25) is 0 Å². The van der Waals surface area contributed by atoms with Crippen molar-refractivity contribution < 1.29 is 22.4 Å². The Balaban J connectivity index is 1.47. The average Bonchev–Trinajstić information content (AvgIpc) is 3.08. The molecular weight excluding hydrogens is 379 g/mol. The summed E-state index contributed by atoms with van der Waals surface area (Å²) in [5.41, 5.74) is -0.0555. The Morgan fingerprint density at radius 2 is 1.78 bits per heavy atom. The van der Waals surface area contributed by atoms with Crippen LogP contribution >= 0.6 is 11.8 Å². The lowest BCUT2D eigenvalue weighted by atomic mass is 10.2. The minimum absolute atomic E-state index is 0.0555. The maximum Gasteiger partial charge on any atom is 0.322 e. The first-order chi connectivity index (χ1) is 13.0. The molecule has 140 valence electrons. The molecule has 0 radical (unpaired) electrons. The number of thioether (sulfide) groups is 1. The van der Waals surface area contributed by atoms with Crippen LogP contribution in [-0.2, 0) is 4.79 Å². The number of hydrogen-bond acceptors (Lipinski definition) is 5. The zero-order valence-corrected chi connectivity index (χ0v) is 14.7. The van der Waals surface area contributed by atoms with Gasteiger partial charge in [-0.1, -0.05) is 5.10 Å². The molecule has 1 N–H and O–H groups in total. The molecule has 2 aromatic carbocycles. The number of nitrogens with one attached hydrogen (secondary N) is 1. The highest BCUT2D eigenvalue weighted by molar-refractivity contribution is 7.99. The number of carbonyl (C=O) groups is 1. The second kappa shape index (κ2) is 8.72. The third-order valence-corrected chi connectivity index (χ3v) is 4.56. The van der Waals surface area contributed by atoms with Crippen LogP contribution in [0.15, 0.2) is 51.8 Å². The molecule has 0 aliphatic carbocycles. The third kappa shape index (κ3) is 5.33. The van der Waals surface area contributed by atoms with Gasteiger partial charge in [-0.15, -0.1) is 16.9 Å². The van der Waals surface area contributed by atoms with Crippen molar-refractivity contribution in [2.24, 2.45) is 0 Å². The summed E-state index contributed by atoms with van der Waals surface area (Å²) in [7, 11) is 0. The van der Waals surface area contributed by atoms with Gasteiger partial charge in [0.15, 0.2) is 0 Å². The van der Waals surface area contributed by atoms with E-state index in [1.807, 2.05) is 0 Å². The highest BCUT2D eigenvalue weighted by Crippen LogP contribution is 2.24. The van der Waals surface area contributed by atoms with E-state index in [2.05, 4.69) is 15.5 Å². The summed E-state index contributed by atoms with van der Waals surface area (Å²) in [6, 6.07) is 8.90. The van der Waals surface area contributed by atoms with Crippen molar-refractivity contribution in [2.45, 2.75) is 17.7 Å². The number of carbonyl (C=O) groups excluding carboxylic acids is 1. The summed E-state index contributed by atoms with van der Waals surface area (Å²) in [6.07, 6.45) is 0.804. The summed E-state index contributed by atoms with van der Waals surface area (Å²) >= 11 is 1.51. The van der Waals surface area contributed by atoms with Gasteiger partial charge in [0.1, 0.15) is 17.5 Å². The molecule has 0 spiro atoms. The summed E-state index contributed by atoms with van der Waals surface area (Å²) in [5.74, 6) is -1.66. The van der Waals surface area contributed by atoms with Gasteiger partial charge in [0.2, 0.25) is 5.91 Å². The number of hydrogen-bond donors (Lipinski definition) is 1. The van der Waals surface area contributed by atoms with E-state index in [4.69, 9.17) is 4.42 Å². The Labute approximate surface area is 157 Å². The van der Waals surface area contributed by atoms with E-state index >= 15 is 0 Å². The Morgan fingerprint density at radius 3 is 2.52 bits per heavy atom. The molecule has 0 saturated heterocycles. The van der Waals surface area contributed by atoms with Crippen LogP contribution in [0, 0.1) is 17.5 Å². The molecule has 3 aromatic rings. The fourth-order valence-electron chi connectivity index (χ4n) is 2.18. The van der Waals surface area contributed by atoms with Gasteiger partial charge in [0.25, 0.3) is 5.89 Å². The molecule has 0 aliphatic heterocycles. The molecule has 0 saturated carbocycles. The lowest BCUT2D eigenvalue weighted by Crippen LogP contribution is -2.11. The van der Waals surface area contributed by atoms with Crippen LogP contribution in [0.1, 0.15) is 12.8 Å². The van der Waals surface area contributed by atoms with Crippen molar-refractivity contribution >= 4 is 23.7 Å². The smallest absolute Gasteiger partial charge is 0.322 e. The number of benzene rings is 2. The predicted octanol–water partition coefficient (Wildman–Crippen LogP) is 4.66. The quantitative estimate of drug-likeness (QED) is 0.467. The molecule has 1 aromatic heterocycles. The predicted molar refractivity (Wildman–Crippen MR) is 94.6 cm³/mol. The largest absolute Gasteiger partial charge is 0.403 e. The standard InChI is InChI=1S/C18H14F3N3O2S/c19-11-3-6-13(7-4-11)27-9-1-2-16(25)22-18-24-23-17(26-18)14-8-5-12(20)10-15(14)21/h3-8,10H,1-2,9H2,(H,22,24,25). The molecule has 3 rings (SSSR count). The molecule has 1 heterocycles. The van der Waals surface area contributed by atoms with E-state index in [0.717, 1.165) is 11.0 Å². The Kier molecular flexibility index (Phi) is 6.12. The van der Waals surface area contributed by atoms with Gasteiger partial charge in [-0.05, 0) is 48.6 Å². The summed E-state index contributed by atoms with van der Waals surface area (Å²) < 4.78 is 44.6. The number of nitrogens with zero attached hydrogens (tertiary/aromatic N) is 2. The summed E-state index contributed by atoms with van der Waals surface area (Å²) in [6.45, 7) is 0. The monoisotopic (exact) mass is 393 g/mol. The maximum absolute atomic E-state index is 13.7. The molecule has 0 aliphatic rings. The molecule has 1 amide bonds. The molecule has 0 atom stereocenters. The molecule has 5 nitrogen and oxygen atoms in total. The molecule has 27 heavy (non-hydrogen) atoms. The van der Waals surface area contributed by atoms with Crippen molar-refractivity contribution in [1.82, 2.24) is 10.2 Å². The van der Waals surface area contributed by atoms with Gasteiger partial charge in [-0.2, -0.15) is 0 Å². The topological polar surface area (TPSA) is 68.0 Å². The van der Waals surface area contributed by atoms with Crippen molar-refractivity contribution in [3.05, 3.63) is 59.9 Å².